The third kappa shape index (κ3) is 5.05. The molecule has 0 aromatic heterocycles. The van der Waals surface area contributed by atoms with E-state index in [1.807, 2.05) is 48.7 Å². The van der Waals surface area contributed by atoms with Crippen LogP contribution in [-0.4, -0.2) is 13.3 Å². The van der Waals surface area contributed by atoms with Gasteiger partial charge in [-0.15, -0.1) is 0 Å². The molecule has 0 saturated carbocycles. The summed E-state index contributed by atoms with van der Waals surface area (Å²) >= 11 is 6.08. The first-order valence-electron chi connectivity index (χ1n) is 12.9. The Morgan fingerprint density at radius 2 is 1.82 bits per heavy atom. The Bertz CT molecular complexity index is 1500. The Labute approximate surface area is 228 Å². The summed E-state index contributed by atoms with van der Waals surface area (Å²) in [6.07, 6.45) is 7.64. The molecule has 0 spiro atoms. The fraction of sp³-hybridized carbons (Fsp3) is 0.182. The van der Waals surface area contributed by atoms with E-state index in [1.54, 1.807) is 7.11 Å². The van der Waals surface area contributed by atoms with Crippen molar-refractivity contribution in [2.45, 2.75) is 25.0 Å². The van der Waals surface area contributed by atoms with E-state index >= 15 is 0 Å². The SMILES string of the molecule is COc1cc(C=Nc2ccc([C@@H]3Nc4ccccc4[C@H]4C=CC[C@H]43)cc2)ccc1OCc1cccc(Cl)c1. The highest BCUT2D eigenvalue weighted by Crippen LogP contribution is 2.49. The summed E-state index contributed by atoms with van der Waals surface area (Å²) in [5, 5.41) is 4.48. The number of fused-ring (bicyclic) bond motifs is 3. The zero-order chi connectivity index (χ0) is 25.9. The van der Waals surface area contributed by atoms with Crippen LogP contribution in [-0.2, 0) is 6.61 Å². The molecule has 1 N–H and O–H groups in total. The lowest BCUT2D eigenvalue weighted by Gasteiger charge is -2.37. The van der Waals surface area contributed by atoms with E-state index in [-0.39, 0.29) is 6.04 Å². The van der Waals surface area contributed by atoms with Crippen LogP contribution in [0.1, 0.15) is 40.6 Å². The van der Waals surface area contributed by atoms with Gasteiger partial charge >= 0.3 is 0 Å². The molecule has 0 bridgehead atoms. The lowest BCUT2D eigenvalue weighted by atomic mass is 9.77. The fourth-order valence-corrected chi connectivity index (χ4v) is 5.67. The van der Waals surface area contributed by atoms with Crippen LogP contribution in [0.15, 0.2) is 108 Å². The first kappa shape index (κ1) is 24.3. The second-order valence-electron chi connectivity index (χ2n) is 9.74. The van der Waals surface area contributed by atoms with Gasteiger partial charge < -0.3 is 14.8 Å². The largest absolute Gasteiger partial charge is 0.493 e. The van der Waals surface area contributed by atoms with Crippen molar-refractivity contribution in [2.75, 3.05) is 12.4 Å². The Hall–Kier alpha value is -4.02. The summed E-state index contributed by atoms with van der Waals surface area (Å²) in [6, 6.07) is 31.0. The van der Waals surface area contributed by atoms with Crippen LogP contribution in [0.4, 0.5) is 11.4 Å². The van der Waals surface area contributed by atoms with E-state index in [0.29, 0.717) is 35.0 Å². The Morgan fingerprint density at radius 1 is 0.947 bits per heavy atom. The summed E-state index contributed by atoms with van der Waals surface area (Å²) < 4.78 is 11.5. The van der Waals surface area contributed by atoms with Crippen LogP contribution >= 0.6 is 11.6 Å². The van der Waals surface area contributed by atoms with E-state index in [1.165, 1.54) is 16.8 Å². The van der Waals surface area contributed by atoms with Crippen molar-refractivity contribution in [1.29, 1.82) is 0 Å². The minimum absolute atomic E-state index is 0.284. The van der Waals surface area contributed by atoms with Crippen molar-refractivity contribution in [3.8, 4) is 11.5 Å². The molecule has 0 saturated heterocycles. The Kier molecular flexibility index (Phi) is 6.89. The topological polar surface area (TPSA) is 42.8 Å². The highest BCUT2D eigenvalue weighted by atomic mass is 35.5. The first-order chi connectivity index (χ1) is 18.7. The molecule has 0 unspecified atom stereocenters. The predicted octanol–water partition coefficient (Wildman–Crippen LogP) is 8.50. The summed E-state index contributed by atoms with van der Waals surface area (Å²) in [7, 11) is 1.64. The van der Waals surface area contributed by atoms with Gasteiger partial charge in [-0.3, -0.25) is 4.99 Å². The number of allylic oxidation sites excluding steroid dienone is 2. The molecule has 0 fully saturated rings. The van der Waals surface area contributed by atoms with Gasteiger partial charge in [0, 0.05) is 22.8 Å². The number of ether oxygens (including phenoxy) is 2. The quantitative estimate of drug-likeness (QED) is 0.196. The highest BCUT2D eigenvalue weighted by Gasteiger charge is 2.37. The third-order valence-corrected chi connectivity index (χ3v) is 7.59. The maximum absolute atomic E-state index is 6.08. The van der Waals surface area contributed by atoms with E-state index in [2.05, 4.69) is 66.0 Å². The number of benzene rings is 4. The third-order valence-electron chi connectivity index (χ3n) is 7.36. The van der Waals surface area contributed by atoms with Crippen LogP contribution in [0.5, 0.6) is 11.5 Å². The van der Waals surface area contributed by atoms with E-state index in [4.69, 9.17) is 26.1 Å². The van der Waals surface area contributed by atoms with Gasteiger partial charge in [0.2, 0.25) is 0 Å². The zero-order valence-electron chi connectivity index (χ0n) is 21.2. The van der Waals surface area contributed by atoms with Crippen molar-refractivity contribution in [1.82, 2.24) is 0 Å². The van der Waals surface area contributed by atoms with Crippen molar-refractivity contribution >= 4 is 29.2 Å². The first-order valence-corrected chi connectivity index (χ1v) is 13.3. The fourth-order valence-electron chi connectivity index (χ4n) is 5.46. The molecule has 1 heterocycles. The molecule has 4 aromatic rings. The van der Waals surface area contributed by atoms with E-state index in [9.17, 15) is 0 Å². The van der Waals surface area contributed by atoms with Gasteiger partial charge in [0.25, 0.3) is 0 Å². The van der Waals surface area contributed by atoms with E-state index < -0.39 is 0 Å². The molecule has 4 aromatic carbocycles. The van der Waals surface area contributed by atoms with Gasteiger partial charge in [0.05, 0.1) is 18.8 Å². The Balaban J connectivity index is 1.14. The summed E-state index contributed by atoms with van der Waals surface area (Å²) in [6.45, 7) is 0.413. The average molecular weight is 521 g/mol. The number of hydrogen-bond donors (Lipinski definition) is 1. The summed E-state index contributed by atoms with van der Waals surface area (Å²) in [5.74, 6) is 2.35. The van der Waals surface area contributed by atoms with Gasteiger partial charge in [0.1, 0.15) is 6.61 Å². The molecule has 1 aliphatic carbocycles. The average Bonchev–Trinajstić information content (AvgIpc) is 3.46. The van der Waals surface area contributed by atoms with Gasteiger partial charge in [-0.25, -0.2) is 0 Å². The monoisotopic (exact) mass is 520 g/mol. The smallest absolute Gasteiger partial charge is 0.161 e. The standard InChI is InChI=1S/C33H29ClN2O2/c1-37-32-19-22(12-17-31(32)38-21-23-6-4-7-25(34)18-23)20-35-26-15-13-24(14-16-26)33-29-10-5-9-27(29)28-8-2-3-11-30(28)36-33/h2-9,11-20,27,29,33,36H,10,21H2,1H3/t27-,29-,33+/m1/s1. The zero-order valence-corrected chi connectivity index (χ0v) is 21.9. The number of para-hydroxylation sites is 1. The highest BCUT2D eigenvalue weighted by molar-refractivity contribution is 6.30. The number of halogens is 1. The molecule has 38 heavy (non-hydrogen) atoms. The molecule has 4 nitrogen and oxygen atoms in total. The number of hydrogen-bond acceptors (Lipinski definition) is 4. The maximum atomic E-state index is 6.08. The van der Waals surface area contributed by atoms with E-state index in [0.717, 1.165) is 23.2 Å². The van der Waals surface area contributed by atoms with Crippen LogP contribution in [0.3, 0.4) is 0 Å². The normalized spacial score (nSPS) is 19.6. The molecule has 5 heteroatoms. The minimum Gasteiger partial charge on any atom is -0.493 e. The van der Waals surface area contributed by atoms with Crippen molar-refractivity contribution in [2.24, 2.45) is 10.9 Å². The molecule has 190 valence electrons. The van der Waals surface area contributed by atoms with Crippen molar-refractivity contribution in [3.05, 3.63) is 130 Å². The Morgan fingerprint density at radius 3 is 2.66 bits per heavy atom. The van der Waals surface area contributed by atoms with Crippen LogP contribution in [0, 0.1) is 5.92 Å². The van der Waals surface area contributed by atoms with Crippen molar-refractivity contribution in [3.63, 3.8) is 0 Å². The lowest BCUT2D eigenvalue weighted by molar-refractivity contribution is 0.284. The van der Waals surface area contributed by atoms with Gasteiger partial charge in [-0.05, 0) is 83.1 Å². The molecule has 3 atom stereocenters. The second kappa shape index (κ2) is 10.8. The van der Waals surface area contributed by atoms with Crippen molar-refractivity contribution < 1.29 is 9.47 Å². The van der Waals surface area contributed by atoms with Gasteiger partial charge in [-0.2, -0.15) is 0 Å². The molecule has 6 rings (SSSR count). The maximum Gasteiger partial charge on any atom is 0.161 e. The summed E-state index contributed by atoms with van der Waals surface area (Å²) in [4.78, 5) is 4.70. The molecular formula is C33H29ClN2O2. The van der Waals surface area contributed by atoms with Gasteiger partial charge in [-0.1, -0.05) is 66.2 Å². The number of nitrogens with zero attached hydrogens (tertiary/aromatic N) is 1. The van der Waals surface area contributed by atoms with Crippen LogP contribution in [0.25, 0.3) is 0 Å². The minimum atomic E-state index is 0.284. The number of anilines is 1. The number of methoxy groups -OCH3 is 1. The molecule has 0 radical (unpaired) electrons. The predicted molar refractivity (Wildman–Crippen MR) is 155 cm³/mol. The lowest BCUT2D eigenvalue weighted by Crippen LogP contribution is -2.28. The molecular weight excluding hydrogens is 492 g/mol. The molecule has 0 amide bonds. The number of rotatable bonds is 7. The van der Waals surface area contributed by atoms with Crippen LogP contribution < -0.4 is 14.8 Å². The summed E-state index contributed by atoms with van der Waals surface area (Å²) in [5.41, 5.74) is 6.78. The second-order valence-corrected chi connectivity index (χ2v) is 10.2. The van der Waals surface area contributed by atoms with Crippen LogP contribution in [0.2, 0.25) is 5.02 Å². The molecule has 1 aliphatic heterocycles. The number of nitrogens with one attached hydrogen (secondary N) is 1. The molecule has 2 aliphatic rings. The van der Waals surface area contributed by atoms with Gasteiger partial charge in [0.15, 0.2) is 11.5 Å². The number of aliphatic imine (C=N–C) groups is 1.